The van der Waals surface area contributed by atoms with Crippen molar-refractivity contribution in [1.29, 1.82) is 0 Å². The molecule has 108 valence electrons. The molecule has 1 heterocycles. The van der Waals surface area contributed by atoms with Gasteiger partial charge < -0.3 is 10.1 Å². The van der Waals surface area contributed by atoms with Crippen LogP contribution in [0.1, 0.15) is 18.4 Å². The first-order valence-corrected chi connectivity index (χ1v) is 6.82. The minimum atomic E-state index is 0. The number of piperidine rings is 1. The molecule has 1 aromatic rings. The Morgan fingerprint density at radius 2 is 2.05 bits per heavy atom. The van der Waals surface area contributed by atoms with Crippen LogP contribution in [0.4, 0.5) is 0 Å². The summed E-state index contributed by atoms with van der Waals surface area (Å²) in [5.74, 6) is 0.869. The fraction of sp³-hybridized carbons (Fsp3) is 0.571. The molecule has 3 nitrogen and oxygen atoms in total. The summed E-state index contributed by atoms with van der Waals surface area (Å²) < 4.78 is 5.25. The summed E-state index contributed by atoms with van der Waals surface area (Å²) in [6.45, 7) is 3.10. The number of benzene rings is 1. The predicted molar refractivity (Wildman–Crippen MR) is 82.6 cm³/mol. The standard InChI is InChI=1S/C14H21ClN2O.ClH/c1-17(12-5-7-16-8-6-12)10-11-9-13(18-2)3-4-14(11)15;/h3-4,9,12,16H,5-8,10H2,1-2H3;1H. The molecule has 0 atom stereocenters. The maximum Gasteiger partial charge on any atom is 0.119 e. The average molecular weight is 305 g/mol. The normalized spacial score (nSPS) is 16.2. The molecular formula is C14H22Cl2N2O. The zero-order chi connectivity index (χ0) is 13.0. The Bertz CT molecular complexity index is 395. The first-order valence-electron chi connectivity index (χ1n) is 6.44. The highest BCUT2D eigenvalue weighted by Crippen LogP contribution is 2.24. The largest absolute Gasteiger partial charge is 0.497 e. The number of halogens is 2. The van der Waals surface area contributed by atoms with Crippen molar-refractivity contribution < 1.29 is 4.74 Å². The molecule has 1 N–H and O–H groups in total. The number of hydrogen-bond acceptors (Lipinski definition) is 3. The summed E-state index contributed by atoms with van der Waals surface area (Å²) in [4.78, 5) is 2.39. The average Bonchev–Trinajstić information content (AvgIpc) is 2.42. The topological polar surface area (TPSA) is 24.5 Å². The number of rotatable bonds is 4. The van der Waals surface area contributed by atoms with Crippen LogP contribution < -0.4 is 10.1 Å². The molecule has 19 heavy (non-hydrogen) atoms. The quantitative estimate of drug-likeness (QED) is 0.925. The van der Waals surface area contributed by atoms with Crippen LogP contribution in [0.3, 0.4) is 0 Å². The fourth-order valence-electron chi connectivity index (χ4n) is 2.44. The van der Waals surface area contributed by atoms with Crippen LogP contribution in [0.15, 0.2) is 18.2 Å². The molecule has 1 aliphatic rings. The van der Waals surface area contributed by atoms with E-state index >= 15 is 0 Å². The number of methoxy groups -OCH3 is 1. The second kappa shape index (κ2) is 7.95. The Morgan fingerprint density at radius 1 is 1.37 bits per heavy atom. The number of ether oxygens (including phenoxy) is 1. The SMILES string of the molecule is COc1ccc(Cl)c(CN(C)C2CCNCC2)c1.Cl. The highest BCUT2D eigenvalue weighted by Gasteiger charge is 2.18. The zero-order valence-corrected chi connectivity index (χ0v) is 13.1. The van der Waals surface area contributed by atoms with E-state index in [-0.39, 0.29) is 12.4 Å². The minimum absolute atomic E-state index is 0. The van der Waals surface area contributed by atoms with Gasteiger partial charge in [0.2, 0.25) is 0 Å². The summed E-state index contributed by atoms with van der Waals surface area (Å²) in [6, 6.07) is 6.48. The third kappa shape index (κ3) is 4.53. The van der Waals surface area contributed by atoms with Crippen LogP contribution in [0.5, 0.6) is 5.75 Å². The number of nitrogens with one attached hydrogen (secondary N) is 1. The van der Waals surface area contributed by atoms with E-state index < -0.39 is 0 Å². The molecule has 0 aliphatic carbocycles. The van der Waals surface area contributed by atoms with E-state index in [0.717, 1.165) is 36.0 Å². The summed E-state index contributed by atoms with van der Waals surface area (Å²) in [7, 11) is 3.86. The predicted octanol–water partition coefficient (Wildman–Crippen LogP) is 2.95. The maximum absolute atomic E-state index is 6.24. The van der Waals surface area contributed by atoms with Crippen molar-refractivity contribution in [3.8, 4) is 5.75 Å². The van der Waals surface area contributed by atoms with Gasteiger partial charge in [0.15, 0.2) is 0 Å². The molecule has 0 unspecified atom stereocenters. The summed E-state index contributed by atoms with van der Waals surface area (Å²) >= 11 is 6.24. The van der Waals surface area contributed by atoms with Gasteiger partial charge in [-0.05, 0) is 56.7 Å². The van der Waals surface area contributed by atoms with E-state index in [0.29, 0.717) is 6.04 Å². The molecule has 0 aromatic heterocycles. The van der Waals surface area contributed by atoms with E-state index in [1.807, 2.05) is 18.2 Å². The van der Waals surface area contributed by atoms with E-state index in [1.165, 1.54) is 12.8 Å². The van der Waals surface area contributed by atoms with Gasteiger partial charge in [0.25, 0.3) is 0 Å². The van der Waals surface area contributed by atoms with Gasteiger partial charge in [0.05, 0.1) is 7.11 Å². The van der Waals surface area contributed by atoms with Gasteiger partial charge in [-0.15, -0.1) is 12.4 Å². The molecule has 0 radical (unpaired) electrons. The van der Waals surface area contributed by atoms with Gasteiger partial charge in [-0.2, -0.15) is 0 Å². The van der Waals surface area contributed by atoms with Crippen LogP contribution in [0.25, 0.3) is 0 Å². The first-order chi connectivity index (χ1) is 8.70. The zero-order valence-electron chi connectivity index (χ0n) is 11.5. The van der Waals surface area contributed by atoms with Crippen LogP contribution in [-0.4, -0.2) is 38.2 Å². The van der Waals surface area contributed by atoms with Gasteiger partial charge in [0.1, 0.15) is 5.75 Å². The summed E-state index contributed by atoms with van der Waals surface area (Å²) in [5.41, 5.74) is 1.14. The maximum atomic E-state index is 6.24. The Morgan fingerprint density at radius 3 is 2.68 bits per heavy atom. The second-order valence-corrected chi connectivity index (χ2v) is 5.26. The highest BCUT2D eigenvalue weighted by molar-refractivity contribution is 6.31. The molecule has 0 spiro atoms. The van der Waals surface area contributed by atoms with Crippen molar-refractivity contribution in [1.82, 2.24) is 10.2 Å². The molecule has 0 amide bonds. The van der Waals surface area contributed by atoms with Crippen LogP contribution in [-0.2, 0) is 6.54 Å². The van der Waals surface area contributed by atoms with Gasteiger partial charge in [-0.25, -0.2) is 0 Å². The lowest BCUT2D eigenvalue weighted by Gasteiger charge is -2.31. The third-order valence-electron chi connectivity index (χ3n) is 3.60. The Labute approximate surface area is 126 Å². The van der Waals surface area contributed by atoms with Crippen molar-refractivity contribution in [2.75, 3.05) is 27.2 Å². The van der Waals surface area contributed by atoms with Gasteiger partial charge in [-0.1, -0.05) is 11.6 Å². The first kappa shape index (κ1) is 16.6. The Balaban J connectivity index is 0.00000180. The van der Waals surface area contributed by atoms with E-state index in [2.05, 4.69) is 17.3 Å². The number of hydrogen-bond donors (Lipinski definition) is 1. The number of nitrogens with zero attached hydrogens (tertiary/aromatic N) is 1. The summed E-state index contributed by atoms with van der Waals surface area (Å²) in [6.07, 6.45) is 2.41. The van der Waals surface area contributed by atoms with E-state index in [4.69, 9.17) is 16.3 Å². The molecule has 1 aliphatic heterocycles. The van der Waals surface area contributed by atoms with Crippen molar-refractivity contribution in [2.24, 2.45) is 0 Å². The van der Waals surface area contributed by atoms with Gasteiger partial charge in [0, 0.05) is 17.6 Å². The molecule has 0 bridgehead atoms. The Hall–Kier alpha value is -0.480. The third-order valence-corrected chi connectivity index (χ3v) is 3.97. The molecule has 1 saturated heterocycles. The Kier molecular flexibility index (Phi) is 6.94. The summed E-state index contributed by atoms with van der Waals surface area (Å²) in [5, 5.41) is 4.21. The van der Waals surface area contributed by atoms with Crippen molar-refractivity contribution in [3.63, 3.8) is 0 Å². The van der Waals surface area contributed by atoms with Crippen LogP contribution in [0.2, 0.25) is 5.02 Å². The lowest BCUT2D eigenvalue weighted by atomic mass is 10.0. The molecule has 1 aromatic carbocycles. The van der Waals surface area contributed by atoms with Gasteiger partial charge >= 0.3 is 0 Å². The minimum Gasteiger partial charge on any atom is -0.497 e. The van der Waals surface area contributed by atoms with E-state index in [1.54, 1.807) is 7.11 Å². The second-order valence-electron chi connectivity index (χ2n) is 4.85. The fourth-order valence-corrected chi connectivity index (χ4v) is 2.62. The molecule has 2 rings (SSSR count). The van der Waals surface area contributed by atoms with Crippen molar-refractivity contribution >= 4 is 24.0 Å². The van der Waals surface area contributed by atoms with Crippen LogP contribution >= 0.6 is 24.0 Å². The molecular weight excluding hydrogens is 283 g/mol. The highest BCUT2D eigenvalue weighted by atomic mass is 35.5. The lowest BCUT2D eigenvalue weighted by molar-refractivity contribution is 0.191. The molecule has 1 fully saturated rings. The van der Waals surface area contributed by atoms with Crippen molar-refractivity contribution in [2.45, 2.75) is 25.4 Å². The molecule has 5 heteroatoms. The smallest absolute Gasteiger partial charge is 0.119 e. The van der Waals surface area contributed by atoms with E-state index in [9.17, 15) is 0 Å². The lowest BCUT2D eigenvalue weighted by Crippen LogP contribution is -2.40. The van der Waals surface area contributed by atoms with Gasteiger partial charge in [-0.3, -0.25) is 4.90 Å². The monoisotopic (exact) mass is 304 g/mol. The van der Waals surface area contributed by atoms with Crippen molar-refractivity contribution in [3.05, 3.63) is 28.8 Å². The molecule has 0 saturated carbocycles. The van der Waals surface area contributed by atoms with Crippen LogP contribution in [0, 0.1) is 0 Å².